The first-order valence-corrected chi connectivity index (χ1v) is 9.48. The van der Waals surface area contributed by atoms with Gasteiger partial charge in [-0.15, -0.1) is 0 Å². The molecule has 1 amide bonds. The van der Waals surface area contributed by atoms with Crippen molar-refractivity contribution < 1.29 is 9.18 Å². The minimum atomic E-state index is -0.327. The predicted octanol–water partition coefficient (Wildman–Crippen LogP) is 4.94. The molecule has 5 nitrogen and oxygen atoms in total. The minimum absolute atomic E-state index is 0.168. The van der Waals surface area contributed by atoms with Crippen LogP contribution >= 0.6 is 23.4 Å². The molecule has 0 unspecified atom stereocenters. The number of thioether (sulfide) groups is 1. The van der Waals surface area contributed by atoms with E-state index in [-0.39, 0.29) is 17.5 Å². The summed E-state index contributed by atoms with van der Waals surface area (Å²) in [5.41, 5.74) is 3.68. The highest BCUT2D eigenvalue weighted by molar-refractivity contribution is 8.00. The van der Waals surface area contributed by atoms with Crippen molar-refractivity contribution in [3.63, 3.8) is 0 Å². The van der Waals surface area contributed by atoms with E-state index in [2.05, 4.69) is 20.3 Å². The molecule has 0 saturated carbocycles. The van der Waals surface area contributed by atoms with Crippen LogP contribution in [0.2, 0.25) is 5.02 Å². The first kappa shape index (κ1) is 17.8. The lowest BCUT2D eigenvalue weighted by Gasteiger charge is -2.07. The van der Waals surface area contributed by atoms with Gasteiger partial charge in [-0.05, 0) is 42.8 Å². The molecule has 8 heteroatoms. The van der Waals surface area contributed by atoms with Crippen LogP contribution in [0, 0.1) is 12.7 Å². The molecule has 0 spiro atoms. The van der Waals surface area contributed by atoms with Gasteiger partial charge >= 0.3 is 0 Å². The second-order valence-corrected chi connectivity index (χ2v) is 7.39. The zero-order valence-corrected chi connectivity index (χ0v) is 15.8. The molecule has 4 aromatic rings. The summed E-state index contributed by atoms with van der Waals surface area (Å²) in [7, 11) is 0. The number of benzene rings is 2. The van der Waals surface area contributed by atoms with E-state index in [9.17, 15) is 9.18 Å². The third kappa shape index (κ3) is 3.61. The lowest BCUT2D eigenvalue weighted by Crippen LogP contribution is -2.14. The number of aromatic nitrogens is 3. The Balaban J connectivity index is 1.54. The van der Waals surface area contributed by atoms with Crippen LogP contribution in [0.25, 0.3) is 21.9 Å². The van der Waals surface area contributed by atoms with Crippen molar-refractivity contribution >= 4 is 56.9 Å². The predicted molar refractivity (Wildman–Crippen MR) is 107 cm³/mol. The second kappa shape index (κ2) is 7.17. The zero-order chi connectivity index (χ0) is 19.0. The highest BCUT2D eigenvalue weighted by Gasteiger charge is 2.13. The Morgan fingerprint density at radius 1 is 1.26 bits per heavy atom. The number of aryl methyl sites for hydroxylation is 1. The standard InChI is InChI=1S/C19H14ClFN4OS/c1-10-2-4-12(7-14(10)20)24-16(26)8-27-19-18-17(22-9-23-19)13-6-11(21)3-5-15(13)25-18/h2-7,9,25H,8H2,1H3,(H,24,26). The van der Waals surface area contributed by atoms with Gasteiger partial charge in [0, 0.05) is 21.6 Å². The average Bonchev–Trinajstić information content (AvgIpc) is 3.01. The van der Waals surface area contributed by atoms with E-state index in [1.165, 1.54) is 30.2 Å². The minimum Gasteiger partial charge on any atom is -0.351 e. The van der Waals surface area contributed by atoms with Crippen LogP contribution in [0.5, 0.6) is 0 Å². The molecular formula is C19H14ClFN4OS. The van der Waals surface area contributed by atoms with Gasteiger partial charge in [0.2, 0.25) is 5.91 Å². The van der Waals surface area contributed by atoms with Crippen LogP contribution in [-0.2, 0) is 4.79 Å². The van der Waals surface area contributed by atoms with Crippen LogP contribution in [0.4, 0.5) is 10.1 Å². The van der Waals surface area contributed by atoms with Crippen LogP contribution < -0.4 is 5.32 Å². The molecule has 0 saturated heterocycles. The molecule has 27 heavy (non-hydrogen) atoms. The number of aromatic amines is 1. The van der Waals surface area contributed by atoms with Gasteiger partial charge in [-0.25, -0.2) is 14.4 Å². The van der Waals surface area contributed by atoms with Gasteiger partial charge in [-0.1, -0.05) is 29.4 Å². The molecule has 0 fully saturated rings. The summed E-state index contributed by atoms with van der Waals surface area (Å²) in [4.78, 5) is 24.0. The molecule has 0 bridgehead atoms. The highest BCUT2D eigenvalue weighted by Crippen LogP contribution is 2.30. The van der Waals surface area contributed by atoms with Gasteiger partial charge in [-0.2, -0.15) is 0 Å². The number of carbonyl (C=O) groups excluding carboxylic acids is 1. The third-order valence-electron chi connectivity index (χ3n) is 4.10. The van der Waals surface area contributed by atoms with Crippen molar-refractivity contribution in [3.8, 4) is 0 Å². The SMILES string of the molecule is Cc1ccc(NC(=O)CSc2ncnc3c2[nH]c2ccc(F)cc23)cc1Cl. The maximum absolute atomic E-state index is 13.5. The number of hydrogen-bond donors (Lipinski definition) is 2. The molecule has 0 aliphatic heterocycles. The van der Waals surface area contributed by atoms with E-state index in [1.54, 1.807) is 18.2 Å². The van der Waals surface area contributed by atoms with E-state index in [0.29, 0.717) is 32.2 Å². The fraction of sp³-hybridized carbons (Fsp3) is 0.105. The van der Waals surface area contributed by atoms with Crippen molar-refractivity contribution in [2.75, 3.05) is 11.1 Å². The Hall–Kier alpha value is -2.64. The summed E-state index contributed by atoms with van der Waals surface area (Å²) < 4.78 is 13.5. The fourth-order valence-electron chi connectivity index (χ4n) is 2.75. The molecule has 0 radical (unpaired) electrons. The molecular weight excluding hydrogens is 387 g/mol. The topological polar surface area (TPSA) is 70.7 Å². The maximum Gasteiger partial charge on any atom is 0.234 e. The molecule has 136 valence electrons. The Morgan fingerprint density at radius 3 is 2.93 bits per heavy atom. The van der Waals surface area contributed by atoms with Gasteiger partial charge in [0.15, 0.2) is 0 Å². The van der Waals surface area contributed by atoms with Crippen LogP contribution in [0.15, 0.2) is 47.8 Å². The molecule has 0 aliphatic carbocycles. The van der Waals surface area contributed by atoms with Gasteiger partial charge < -0.3 is 10.3 Å². The number of H-pyrrole nitrogens is 1. The van der Waals surface area contributed by atoms with Gasteiger partial charge in [0.25, 0.3) is 0 Å². The van der Waals surface area contributed by atoms with E-state index in [1.807, 2.05) is 13.0 Å². The summed E-state index contributed by atoms with van der Waals surface area (Å²) in [6.45, 7) is 1.90. The van der Waals surface area contributed by atoms with Crippen LogP contribution in [0.1, 0.15) is 5.56 Å². The Labute approximate surface area is 163 Å². The Morgan fingerprint density at radius 2 is 2.11 bits per heavy atom. The largest absolute Gasteiger partial charge is 0.351 e. The number of anilines is 1. The number of halogens is 2. The number of nitrogens with zero attached hydrogens (tertiary/aromatic N) is 2. The fourth-order valence-corrected chi connectivity index (χ4v) is 3.69. The van der Waals surface area contributed by atoms with E-state index < -0.39 is 0 Å². The molecule has 0 atom stereocenters. The van der Waals surface area contributed by atoms with Crippen LogP contribution in [0.3, 0.4) is 0 Å². The lowest BCUT2D eigenvalue weighted by molar-refractivity contribution is -0.113. The first-order valence-electron chi connectivity index (χ1n) is 8.12. The molecule has 0 aliphatic rings. The number of amides is 1. The maximum atomic E-state index is 13.5. The van der Waals surface area contributed by atoms with E-state index in [0.717, 1.165) is 11.1 Å². The van der Waals surface area contributed by atoms with Crippen molar-refractivity contribution in [1.82, 2.24) is 15.0 Å². The first-order chi connectivity index (χ1) is 13.0. The van der Waals surface area contributed by atoms with Gasteiger partial charge in [-0.3, -0.25) is 4.79 Å². The third-order valence-corrected chi connectivity index (χ3v) is 5.50. The second-order valence-electron chi connectivity index (χ2n) is 6.02. The van der Waals surface area contributed by atoms with Crippen LogP contribution in [-0.4, -0.2) is 26.6 Å². The summed E-state index contributed by atoms with van der Waals surface area (Å²) in [5, 5.41) is 4.74. The molecule has 2 aromatic heterocycles. The zero-order valence-electron chi connectivity index (χ0n) is 14.2. The van der Waals surface area contributed by atoms with Gasteiger partial charge in [0.1, 0.15) is 22.7 Å². The van der Waals surface area contributed by atoms with E-state index >= 15 is 0 Å². The summed E-state index contributed by atoms with van der Waals surface area (Å²) >= 11 is 7.36. The number of carbonyl (C=O) groups is 1. The van der Waals surface area contributed by atoms with Crippen molar-refractivity contribution in [2.24, 2.45) is 0 Å². The number of fused-ring (bicyclic) bond motifs is 3. The summed E-state index contributed by atoms with van der Waals surface area (Å²) in [5.74, 6) is -0.331. The highest BCUT2D eigenvalue weighted by atomic mass is 35.5. The molecule has 4 rings (SSSR count). The summed E-state index contributed by atoms with van der Waals surface area (Å²) in [6, 6.07) is 9.85. The number of nitrogens with one attached hydrogen (secondary N) is 2. The Bertz CT molecular complexity index is 1180. The summed E-state index contributed by atoms with van der Waals surface area (Å²) in [6.07, 6.45) is 1.42. The normalized spacial score (nSPS) is 11.2. The van der Waals surface area contributed by atoms with E-state index in [4.69, 9.17) is 11.6 Å². The van der Waals surface area contributed by atoms with Crippen molar-refractivity contribution in [1.29, 1.82) is 0 Å². The van der Waals surface area contributed by atoms with Crippen molar-refractivity contribution in [2.45, 2.75) is 11.9 Å². The number of hydrogen-bond acceptors (Lipinski definition) is 4. The number of rotatable bonds is 4. The monoisotopic (exact) mass is 400 g/mol. The Kier molecular flexibility index (Phi) is 4.72. The lowest BCUT2D eigenvalue weighted by atomic mass is 10.2. The molecule has 2 N–H and O–H groups in total. The molecule has 2 aromatic carbocycles. The quantitative estimate of drug-likeness (QED) is 0.376. The molecule has 2 heterocycles. The van der Waals surface area contributed by atoms with Crippen molar-refractivity contribution in [3.05, 3.63) is 59.1 Å². The average molecular weight is 401 g/mol. The smallest absolute Gasteiger partial charge is 0.234 e. The van der Waals surface area contributed by atoms with Gasteiger partial charge in [0.05, 0.1) is 11.3 Å².